The van der Waals surface area contributed by atoms with E-state index >= 15 is 0 Å². The summed E-state index contributed by atoms with van der Waals surface area (Å²) in [4.78, 5) is 0. The van der Waals surface area contributed by atoms with Crippen LogP contribution in [-0.2, 0) is 0 Å². The number of hydrogen-bond donors (Lipinski definition) is 1. The third-order valence-electron chi connectivity index (χ3n) is 2.60. The molecule has 1 aromatic carbocycles. The molecule has 70 valence electrons. The van der Waals surface area contributed by atoms with Crippen LogP contribution in [0.3, 0.4) is 0 Å². The summed E-state index contributed by atoms with van der Waals surface area (Å²) in [6.07, 6.45) is 2.25. The van der Waals surface area contributed by atoms with Gasteiger partial charge in [0.25, 0.3) is 0 Å². The number of para-hydroxylation sites is 1. The van der Waals surface area contributed by atoms with Crippen molar-refractivity contribution in [3.8, 4) is 5.75 Å². The molecule has 2 nitrogen and oxygen atoms in total. The minimum absolute atomic E-state index is 0.485. The van der Waals surface area contributed by atoms with Crippen LogP contribution in [0.5, 0.6) is 5.75 Å². The SMILES string of the molecule is NCC1CCCOc2ccccc21. The molecular formula is C11H15NO. The molecule has 0 spiro atoms. The van der Waals surface area contributed by atoms with Crippen molar-refractivity contribution in [1.29, 1.82) is 0 Å². The quantitative estimate of drug-likeness (QED) is 0.711. The Morgan fingerprint density at radius 3 is 3.08 bits per heavy atom. The normalized spacial score (nSPS) is 21.5. The lowest BCUT2D eigenvalue weighted by molar-refractivity contribution is 0.316. The van der Waals surface area contributed by atoms with Crippen molar-refractivity contribution >= 4 is 0 Å². The zero-order valence-electron chi connectivity index (χ0n) is 7.70. The van der Waals surface area contributed by atoms with Crippen LogP contribution in [0.4, 0.5) is 0 Å². The molecule has 2 N–H and O–H groups in total. The molecule has 0 saturated carbocycles. The summed E-state index contributed by atoms with van der Waals surface area (Å²) in [5.74, 6) is 1.51. The van der Waals surface area contributed by atoms with Gasteiger partial charge in [0, 0.05) is 0 Å². The summed E-state index contributed by atoms with van der Waals surface area (Å²) >= 11 is 0. The first-order valence-electron chi connectivity index (χ1n) is 4.83. The maximum Gasteiger partial charge on any atom is 0.122 e. The van der Waals surface area contributed by atoms with E-state index < -0.39 is 0 Å². The maximum atomic E-state index is 5.73. The molecule has 0 fully saturated rings. The molecule has 1 aliphatic rings. The van der Waals surface area contributed by atoms with Gasteiger partial charge in [0.2, 0.25) is 0 Å². The number of nitrogens with two attached hydrogens (primary N) is 1. The number of rotatable bonds is 1. The van der Waals surface area contributed by atoms with E-state index in [1.807, 2.05) is 12.1 Å². The van der Waals surface area contributed by atoms with Crippen molar-refractivity contribution in [2.75, 3.05) is 13.2 Å². The van der Waals surface area contributed by atoms with Crippen LogP contribution in [0.1, 0.15) is 24.3 Å². The van der Waals surface area contributed by atoms with Gasteiger partial charge < -0.3 is 10.5 Å². The van der Waals surface area contributed by atoms with Crippen molar-refractivity contribution in [1.82, 2.24) is 0 Å². The summed E-state index contributed by atoms with van der Waals surface area (Å²) in [6, 6.07) is 8.22. The van der Waals surface area contributed by atoms with Crippen molar-refractivity contribution in [3.05, 3.63) is 29.8 Å². The molecule has 0 saturated heterocycles. The zero-order valence-corrected chi connectivity index (χ0v) is 7.70. The third-order valence-corrected chi connectivity index (χ3v) is 2.60. The fourth-order valence-corrected chi connectivity index (χ4v) is 1.86. The molecular weight excluding hydrogens is 162 g/mol. The average molecular weight is 177 g/mol. The first kappa shape index (κ1) is 8.57. The standard InChI is InChI=1S/C11H15NO/c12-8-9-4-3-7-13-11-6-2-1-5-10(9)11/h1-2,5-6,9H,3-4,7-8,12H2. The van der Waals surface area contributed by atoms with Gasteiger partial charge in [0.05, 0.1) is 6.61 Å². The minimum atomic E-state index is 0.485. The molecule has 1 heterocycles. The van der Waals surface area contributed by atoms with Gasteiger partial charge in [-0.2, -0.15) is 0 Å². The lowest BCUT2D eigenvalue weighted by Crippen LogP contribution is -2.11. The highest BCUT2D eigenvalue weighted by Gasteiger charge is 2.17. The van der Waals surface area contributed by atoms with Gasteiger partial charge in [-0.25, -0.2) is 0 Å². The Morgan fingerprint density at radius 1 is 1.38 bits per heavy atom. The van der Waals surface area contributed by atoms with Crippen LogP contribution in [0.25, 0.3) is 0 Å². The van der Waals surface area contributed by atoms with Gasteiger partial charge in [-0.15, -0.1) is 0 Å². The van der Waals surface area contributed by atoms with Gasteiger partial charge in [-0.05, 0) is 36.9 Å². The number of ether oxygens (including phenoxy) is 1. The topological polar surface area (TPSA) is 35.2 Å². The smallest absolute Gasteiger partial charge is 0.122 e. The van der Waals surface area contributed by atoms with E-state index in [0.717, 1.165) is 31.7 Å². The average Bonchev–Trinajstić information content (AvgIpc) is 2.39. The molecule has 0 aliphatic carbocycles. The predicted octanol–water partition coefficient (Wildman–Crippen LogP) is 1.90. The highest BCUT2D eigenvalue weighted by atomic mass is 16.5. The first-order valence-corrected chi connectivity index (χ1v) is 4.83. The molecule has 1 atom stereocenters. The fraction of sp³-hybridized carbons (Fsp3) is 0.455. The summed E-state index contributed by atoms with van der Waals surface area (Å²) in [6.45, 7) is 1.55. The van der Waals surface area contributed by atoms with Crippen LogP contribution in [0.15, 0.2) is 24.3 Å². The first-order chi connectivity index (χ1) is 6.42. The van der Waals surface area contributed by atoms with Crippen LogP contribution >= 0.6 is 0 Å². The molecule has 13 heavy (non-hydrogen) atoms. The van der Waals surface area contributed by atoms with Gasteiger partial charge in [-0.3, -0.25) is 0 Å². The van der Waals surface area contributed by atoms with Crippen LogP contribution in [0.2, 0.25) is 0 Å². The Labute approximate surface area is 78.7 Å². The second kappa shape index (κ2) is 3.79. The maximum absolute atomic E-state index is 5.73. The molecule has 0 radical (unpaired) electrons. The molecule has 2 heteroatoms. The van der Waals surface area contributed by atoms with Crippen molar-refractivity contribution in [2.24, 2.45) is 5.73 Å². The summed E-state index contributed by atoms with van der Waals surface area (Å²) in [7, 11) is 0. The minimum Gasteiger partial charge on any atom is -0.493 e. The summed E-state index contributed by atoms with van der Waals surface area (Å²) < 4.78 is 5.62. The lowest BCUT2D eigenvalue weighted by atomic mass is 9.95. The highest BCUT2D eigenvalue weighted by molar-refractivity contribution is 5.37. The monoisotopic (exact) mass is 177 g/mol. The Balaban J connectivity index is 2.35. The second-order valence-electron chi connectivity index (χ2n) is 3.46. The largest absolute Gasteiger partial charge is 0.493 e. The fourth-order valence-electron chi connectivity index (χ4n) is 1.86. The van der Waals surface area contributed by atoms with E-state index in [2.05, 4.69) is 12.1 Å². The molecule has 1 aromatic rings. The molecule has 0 bridgehead atoms. The van der Waals surface area contributed by atoms with Crippen molar-refractivity contribution in [2.45, 2.75) is 18.8 Å². The van der Waals surface area contributed by atoms with Gasteiger partial charge in [0.1, 0.15) is 5.75 Å². The Kier molecular flexibility index (Phi) is 2.50. The van der Waals surface area contributed by atoms with Crippen LogP contribution < -0.4 is 10.5 Å². The Hall–Kier alpha value is -1.02. The Bertz CT molecular complexity index is 285. The van der Waals surface area contributed by atoms with E-state index in [1.165, 1.54) is 5.56 Å². The van der Waals surface area contributed by atoms with Crippen molar-refractivity contribution in [3.63, 3.8) is 0 Å². The van der Waals surface area contributed by atoms with Gasteiger partial charge in [0.15, 0.2) is 0 Å². The second-order valence-corrected chi connectivity index (χ2v) is 3.46. The molecule has 2 rings (SSSR count). The number of hydrogen-bond acceptors (Lipinski definition) is 2. The Morgan fingerprint density at radius 2 is 2.23 bits per heavy atom. The third kappa shape index (κ3) is 1.68. The molecule has 1 aliphatic heterocycles. The molecule has 1 unspecified atom stereocenters. The number of benzene rings is 1. The van der Waals surface area contributed by atoms with Crippen molar-refractivity contribution < 1.29 is 4.74 Å². The molecule has 0 amide bonds. The predicted molar refractivity (Wildman–Crippen MR) is 53.0 cm³/mol. The van der Waals surface area contributed by atoms with E-state index in [1.54, 1.807) is 0 Å². The summed E-state index contributed by atoms with van der Waals surface area (Å²) in [5, 5.41) is 0. The van der Waals surface area contributed by atoms with Crippen LogP contribution in [0, 0.1) is 0 Å². The van der Waals surface area contributed by atoms with E-state index in [4.69, 9.17) is 10.5 Å². The lowest BCUT2D eigenvalue weighted by Gasteiger charge is -2.13. The van der Waals surface area contributed by atoms with Gasteiger partial charge in [-0.1, -0.05) is 18.2 Å². The van der Waals surface area contributed by atoms with E-state index in [9.17, 15) is 0 Å². The van der Waals surface area contributed by atoms with E-state index in [-0.39, 0.29) is 0 Å². The summed E-state index contributed by atoms with van der Waals surface area (Å²) in [5.41, 5.74) is 7.01. The van der Waals surface area contributed by atoms with Gasteiger partial charge >= 0.3 is 0 Å². The highest BCUT2D eigenvalue weighted by Crippen LogP contribution is 2.31. The van der Waals surface area contributed by atoms with E-state index in [0.29, 0.717) is 5.92 Å². The number of fused-ring (bicyclic) bond motifs is 1. The molecule has 0 aromatic heterocycles. The zero-order chi connectivity index (χ0) is 9.10. The van der Waals surface area contributed by atoms with Crippen LogP contribution in [-0.4, -0.2) is 13.2 Å².